The Morgan fingerprint density at radius 2 is 1.83 bits per heavy atom. The highest BCUT2D eigenvalue weighted by Crippen LogP contribution is 2.28. The summed E-state index contributed by atoms with van der Waals surface area (Å²) in [6, 6.07) is 3.94. The summed E-state index contributed by atoms with van der Waals surface area (Å²) < 4.78 is 26.0. The fourth-order valence-corrected chi connectivity index (χ4v) is 2.93. The van der Waals surface area contributed by atoms with E-state index < -0.39 is 11.6 Å². The Bertz CT molecular complexity index is 561. The molecule has 1 aliphatic heterocycles. The number of anilines is 1. The molecule has 2 fully saturated rings. The number of likely N-dealkylation sites (tertiary alicyclic amines) is 1. The lowest BCUT2D eigenvalue weighted by Gasteiger charge is -2.32. The Kier molecular flexibility index (Phi) is 6.95. The van der Waals surface area contributed by atoms with Gasteiger partial charge in [0.15, 0.2) is 11.6 Å². The maximum Gasteiger partial charge on any atom is 0.238 e. The van der Waals surface area contributed by atoms with Gasteiger partial charge >= 0.3 is 0 Å². The third-order valence-corrected chi connectivity index (χ3v) is 4.55. The van der Waals surface area contributed by atoms with Crippen LogP contribution in [0.1, 0.15) is 25.7 Å². The number of amides is 1. The number of rotatable bonds is 6. The summed E-state index contributed by atoms with van der Waals surface area (Å²) in [6.45, 7) is 3.18. The number of hydrogen-bond acceptors (Lipinski definition) is 3. The summed E-state index contributed by atoms with van der Waals surface area (Å²) in [6.07, 6.45) is 4.81. The number of carbonyl (C=O) groups excluding carboxylic acids is 1. The van der Waals surface area contributed by atoms with Crippen LogP contribution in [0.2, 0.25) is 0 Å². The van der Waals surface area contributed by atoms with Crippen molar-refractivity contribution >= 4 is 24.0 Å². The van der Waals surface area contributed by atoms with E-state index in [4.69, 9.17) is 0 Å². The number of nitrogens with one attached hydrogen (secondary N) is 2. The van der Waals surface area contributed by atoms with Crippen LogP contribution in [0.15, 0.2) is 18.2 Å². The normalized spacial score (nSPS) is 18.9. The van der Waals surface area contributed by atoms with Crippen LogP contribution in [0.4, 0.5) is 14.5 Å². The minimum Gasteiger partial charge on any atom is -0.325 e. The topological polar surface area (TPSA) is 44.4 Å². The molecule has 0 bridgehead atoms. The molecule has 0 radical (unpaired) electrons. The summed E-state index contributed by atoms with van der Waals surface area (Å²) in [5.41, 5.74) is 0.287. The van der Waals surface area contributed by atoms with Crippen LogP contribution >= 0.6 is 12.4 Å². The summed E-state index contributed by atoms with van der Waals surface area (Å²) in [5, 5.41) is 6.22. The first-order valence-electron chi connectivity index (χ1n) is 8.31. The van der Waals surface area contributed by atoms with E-state index in [-0.39, 0.29) is 30.5 Å². The molecule has 0 atom stereocenters. The van der Waals surface area contributed by atoms with E-state index in [0.29, 0.717) is 6.04 Å². The quantitative estimate of drug-likeness (QED) is 0.821. The molecule has 0 unspecified atom stereocenters. The smallest absolute Gasteiger partial charge is 0.238 e. The van der Waals surface area contributed by atoms with Gasteiger partial charge < -0.3 is 10.6 Å². The van der Waals surface area contributed by atoms with E-state index in [0.717, 1.165) is 50.5 Å². The largest absolute Gasteiger partial charge is 0.325 e. The van der Waals surface area contributed by atoms with Crippen LogP contribution in [-0.2, 0) is 4.79 Å². The van der Waals surface area contributed by atoms with E-state index in [1.54, 1.807) is 0 Å². The predicted octanol–water partition coefficient (Wildman–Crippen LogP) is 2.79. The Labute approximate surface area is 147 Å². The van der Waals surface area contributed by atoms with Crippen molar-refractivity contribution in [1.29, 1.82) is 0 Å². The molecule has 7 heteroatoms. The Balaban J connectivity index is 0.00000208. The number of nitrogens with zero attached hydrogens (tertiary/aromatic N) is 1. The maximum atomic E-state index is 13.1. The zero-order valence-electron chi connectivity index (χ0n) is 13.6. The van der Waals surface area contributed by atoms with Crippen LogP contribution in [-0.4, -0.2) is 43.0 Å². The molecule has 0 aromatic heterocycles. The van der Waals surface area contributed by atoms with Crippen LogP contribution in [0.5, 0.6) is 0 Å². The molecule has 1 aromatic rings. The molecule has 1 heterocycles. The van der Waals surface area contributed by atoms with Crippen molar-refractivity contribution in [3.63, 3.8) is 0 Å². The Morgan fingerprint density at radius 1 is 1.12 bits per heavy atom. The van der Waals surface area contributed by atoms with Crippen molar-refractivity contribution in [3.05, 3.63) is 29.8 Å². The maximum absolute atomic E-state index is 13.1. The highest BCUT2D eigenvalue weighted by atomic mass is 35.5. The molecule has 4 nitrogen and oxygen atoms in total. The van der Waals surface area contributed by atoms with E-state index in [2.05, 4.69) is 15.5 Å². The fourth-order valence-electron chi connectivity index (χ4n) is 2.93. The fraction of sp³-hybridized carbons (Fsp3) is 0.588. The number of halogens is 3. The van der Waals surface area contributed by atoms with E-state index in [1.165, 1.54) is 18.9 Å². The third kappa shape index (κ3) is 5.69. The van der Waals surface area contributed by atoms with E-state index in [9.17, 15) is 13.6 Å². The van der Waals surface area contributed by atoms with Crippen molar-refractivity contribution in [2.75, 3.05) is 31.5 Å². The van der Waals surface area contributed by atoms with Gasteiger partial charge in [-0.3, -0.25) is 9.69 Å². The summed E-state index contributed by atoms with van der Waals surface area (Å²) in [5.74, 6) is -1.18. The first kappa shape index (κ1) is 19.1. The molecule has 2 aliphatic rings. The highest BCUT2D eigenvalue weighted by Gasteiger charge is 2.25. The van der Waals surface area contributed by atoms with Gasteiger partial charge in [0.1, 0.15) is 0 Å². The van der Waals surface area contributed by atoms with Crippen molar-refractivity contribution in [3.8, 4) is 0 Å². The van der Waals surface area contributed by atoms with Crippen LogP contribution in [0.3, 0.4) is 0 Å². The predicted molar refractivity (Wildman–Crippen MR) is 92.4 cm³/mol. The molecule has 1 saturated carbocycles. The molecule has 24 heavy (non-hydrogen) atoms. The van der Waals surface area contributed by atoms with Gasteiger partial charge in [-0.25, -0.2) is 8.78 Å². The first-order chi connectivity index (χ1) is 11.1. The zero-order chi connectivity index (χ0) is 16.2. The number of piperidine rings is 1. The minimum atomic E-state index is -0.953. The van der Waals surface area contributed by atoms with Gasteiger partial charge in [0, 0.05) is 30.9 Å². The highest BCUT2D eigenvalue weighted by molar-refractivity contribution is 5.92. The number of benzene rings is 1. The Hall–Kier alpha value is -1.24. The lowest BCUT2D eigenvalue weighted by molar-refractivity contribution is -0.117. The van der Waals surface area contributed by atoms with Crippen LogP contribution in [0.25, 0.3) is 0 Å². The van der Waals surface area contributed by atoms with Gasteiger partial charge in [-0.2, -0.15) is 0 Å². The molecule has 1 aromatic carbocycles. The average molecular weight is 360 g/mol. The van der Waals surface area contributed by atoms with Crippen molar-refractivity contribution < 1.29 is 13.6 Å². The zero-order valence-corrected chi connectivity index (χ0v) is 14.4. The van der Waals surface area contributed by atoms with E-state index >= 15 is 0 Å². The first-order valence-corrected chi connectivity index (χ1v) is 8.31. The van der Waals surface area contributed by atoms with Crippen molar-refractivity contribution in [1.82, 2.24) is 10.2 Å². The van der Waals surface area contributed by atoms with Gasteiger partial charge in [-0.05, 0) is 50.3 Å². The summed E-state index contributed by atoms with van der Waals surface area (Å²) in [7, 11) is 0. The van der Waals surface area contributed by atoms with Gasteiger partial charge in [-0.15, -0.1) is 12.4 Å². The molecule has 134 valence electrons. The van der Waals surface area contributed by atoms with Gasteiger partial charge in [0.2, 0.25) is 5.91 Å². The molecular weight excluding hydrogens is 336 g/mol. The minimum absolute atomic E-state index is 0. The molecule has 2 N–H and O–H groups in total. The summed E-state index contributed by atoms with van der Waals surface area (Å²) >= 11 is 0. The second-order valence-electron chi connectivity index (χ2n) is 6.58. The molecule has 1 aliphatic carbocycles. The second kappa shape index (κ2) is 8.74. The second-order valence-corrected chi connectivity index (χ2v) is 6.58. The molecule has 1 saturated heterocycles. The lowest BCUT2D eigenvalue weighted by atomic mass is 10.0. The molecule has 1 amide bonds. The van der Waals surface area contributed by atoms with E-state index in [1.807, 2.05) is 0 Å². The van der Waals surface area contributed by atoms with Crippen molar-refractivity contribution in [2.24, 2.45) is 5.92 Å². The lowest BCUT2D eigenvalue weighted by Crippen LogP contribution is -2.45. The summed E-state index contributed by atoms with van der Waals surface area (Å²) in [4.78, 5) is 14.1. The standard InChI is InChI=1S/C17H23F2N3O.ClH/c18-15-4-3-14(9-16(15)19)21-17(23)11-22-7-5-13(6-8-22)20-10-12-1-2-12;/h3-4,9,12-13,20H,1-2,5-8,10-11H2,(H,21,23);1H. The van der Waals surface area contributed by atoms with Crippen molar-refractivity contribution in [2.45, 2.75) is 31.7 Å². The van der Waals surface area contributed by atoms with Gasteiger partial charge in [-0.1, -0.05) is 0 Å². The molecule has 0 spiro atoms. The van der Waals surface area contributed by atoms with Gasteiger partial charge in [0.05, 0.1) is 6.54 Å². The molecule has 3 rings (SSSR count). The SMILES string of the molecule is Cl.O=C(CN1CCC(NCC2CC2)CC1)Nc1ccc(F)c(F)c1. The average Bonchev–Trinajstić information content (AvgIpc) is 3.34. The monoisotopic (exact) mass is 359 g/mol. The van der Waals surface area contributed by atoms with Crippen LogP contribution < -0.4 is 10.6 Å². The third-order valence-electron chi connectivity index (χ3n) is 4.55. The molecular formula is C17H24ClF2N3O. The number of carbonyl (C=O) groups is 1. The van der Waals surface area contributed by atoms with Crippen LogP contribution in [0, 0.1) is 17.6 Å². The van der Waals surface area contributed by atoms with Gasteiger partial charge in [0.25, 0.3) is 0 Å². The Morgan fingerprint density at radius 3 is 2.46 bits per heavy atom. The number of hydrogen-bond donors (Lipinski definition) is 2.